The van der Waals surface area contributed by atoms with Gasteiger partial charge in [-0.05, 0) is 54.4 Å². The third-order valence-electron chi connectivity index (χ3n) is 6.24. The molecule has 0 radical (unpaired) electrons. The van der Waals surface area contributed by atoms with E-state index in [0.717, 1.165) is 6.07 Å². The van der Waals surface area contributed by atoms with Gasteiger partial charge < -0.3 is 16.0 Å². The Morgan fingerprint density at radius 3 is 2.17 bits per heavy atom. The number of carbonyl (C=O) groups excluding carboxylic acids is 3. The first-order chi connectivity index (χ1) is 19.4. The average Bonchev–Trinajstić information content (AvgIpc) is 3.48. The Bertz CT molecular complexity index is 1630. The van der Waals surface area contributed by atoms with E-state index in [4.69, 9.17) is 58.0 Å². The molecule has 0 heterocycles. The molecule has 1 fully saturated rings. The van der Waals surface area contributed by atoms with Gasteiger partial charge in [0.15, 0.2) is 5.82 Å². The second kappa shape index (κ2) is 11.7. The van der Waals surface area contributed by atoms with Crippen LogP contribution in [0.15, 0.2) is 42.5 Å². The molecule has 1 unspecified atom stereocenters. The van der Waals surface area contributed by atoms with Crippen LogP contribution in [0, 0.1) is 24.5 Å². The van der Waals surface area contributed by atoms with Crippen LogP contribution in [-0.4, -0.2) is 28.2 Å². The van der Waals surface area contributed by atoms with E-state index in [1.165, 1.54) is 30.4 Å². The number of hydrogen-bond acceptors (Lipinski definition) is 3. The molecular weight excluding hydrogens is 675 g/mol. The van der Waals surface area contributed by atoms with Crippen molar-refractivity contribution in [3.8, 4) is 0 Å². The Hall–Kier alpha value is -2.83. The number of aryl methyl sites for hydroxylation is 1. The molecule has 0 spiro atoms. The number of benzene rings is 3. The van der Waals surface area contributed by atoms with Crippen molar-refractivity contribution in [2.75, 3.05) is 16.0 Å². The molecule has 0 aromatic heterocycles. The number of anilines is 3. The Labute approximate surface area is 259 Å². The summed E-state index contributed by atoms with van der Waals surface area (Å²) in [5.74, 6) is -8.95. The molecule has 2 atom stereocenters. The van der Waals surface area contributed by atoms with Gasteiger partial charge in [0.05, 0.1) is 32.2 Å². The second-order valence-electron chi connectivity index (χ2n) is 9.14. The maximum Gasteiger partial charge on any atom is 0.471 e. The minimum atomic E-state index is -5.35. The summed E-state index contributed by atoms with van der Waals surface area (Å²) in [6.45, 7) is 1.48. The van der Waals surface area contributed by atoms with Crippen LogP contribution in [0.3, 0.4) is 0 Å². The lowest BCUT2D eigenvalue weighted by atomic mass is 10.1. The molecule has 16 heteroatoms. The summed E-state index contributed by atoms with van der Waals surface area (Å²) in [4.78, 5) is 37.3. The quantitative estimate of drug-likeness (QED) is 0.179. The summed E-state index contributed by atoms with van der Waals surface area (Å²) in [7, 11) is 0. The van der Waals surface area contributed by atoms with Crippen molar-refractivity contribution in [2.45, 2.75) is 23.4 Å². The molecule has 0 aliphatic heterocycles. The molecule has 3 amide bonds. The summed E-state index contributed by atoms with van der Waals surface area (Å²) in [6, 6.07) is 8.27. The minimum absolute atomic E-state index is 0.0445. The van der Waals surface area contributed by atoms with Gasteiger partial charge in [-0.15, -0.1) is 23.2 Å². The number of alkyl halides is 5. The van der Waals surface area contributed by atoms with Crippen LogP contribution < -0.4 is 16.0 Å². The maximum atomic E-state index is 14.8. The van der Waals surface area contributed by atoms with Gasteiger partial charge in [-0.1, -0.05) is 40.9 Å². The lowest BCUT2D eigenvalue weighted by molar-refractivity contribution is -0.167. The van der Waals surface area contributed by atoms with Crippen molar-refractivity contribution in [3.63, 3.8) is 0 Å². The number of amides is 3. The van der Waals surface area contributed by atoms with E-state index in [2.05, 4.69) is 5.32 Å². The Morgan fingerprint density at radius 1 is 0.881 bits per heavy atom. The van der Waals surface area contributed by atoms with Gasteiger partial charge >= 0.3 is 12.1 Å². The van der Waals surface area contributed by atoms with Crippen molar-refractivity contribution < 1.29 is 36.3 Å². The molecule has 1 saturated carbocycles. The van der Waals surface area contributed by atoms with E-state index in [9.17, 15) is 36.3 Å². The van der Waals surface area contributed by atoms with E-state index in [1.807, 2.05) is 5.32 Å². The van der Waals surface area contributed by atoms with E-state index in [1.54, 1.807) is 6.07 Å². The van der Waals surface area contributed by atoms with Crippen LogP contribution in [0.4, 0.5) is 39.0 Å². The van der Waals surface area contributed by atoms with Gasteiger partial charge in [0.25, 0.3) is 5.91 Å². The van der Waals surface area contributed by atoms with Crippen LogP contribution >= 0.6 is 58.0 Å². The largest absolute Gasteiger partial charge is 0.471 e. The van der Waals surface area contributed by atoms with E-state index in [-0.39, 0.29) is 31.9 Å². The standard InChI is InChI=1S/C26H15Cl5F5N3O3/c1-9-6-11(37-23(41)18-17(25(18,30)31)10-2-3-13(27)14(28)7-10)8-12(19(9)29)22(40)39-21-15(32)4-5-16(20(21)33)38-24(42)26(34,35)36/h2-8,17-18H,1H3,(H,37,41)(H,38,42)(H,39,40)/t17-,18?/m0/s1. The predicted molar refractivity (Wildman–Crippen MR) is 151 cm³/mol. The monoisotopic (exact) mass is 687 g/mol. The van der Waals surface area contributed by atoms with Crippen LogP contribution in [0.5, 0.6) is 0 Å². The summed E-state index contributed by atoms with van der Waals surface area (Å²) < 4.78 is 65.4. The smallest absolute Gasteiger partial charge is 0.326 e. The van der Waals surface area contributed by atoms with Gasteiger partial charge in [0.1, 0.15) is 15.8 Å². The summed E-state index contributed by atoms with van der Waals surface area (Å²) in [6.07, 6.45) is -5.35. The van der Waals surface area contributed by atoms with Crippen molar-refractivity contribution >= 4 is 92.8 Å². The van der Waals surface area contributed by atoms with Crippen LogP contribution in [-0.2, 0) is 9.59 Å². The highest BCUT2D eigenvalue weighted by atomic mass is 35.5. The molecular formula is C26H15Cl5F5N3O3. The van der Waals surface area contributed by atoms with Crippen LogP contribution in [0.2, 0.25) is 15.1 Å². The van der Waals surface area contributed by atoms with Crippen LogP contribution in [0.25, 0.3) is 0 Å². The minimum Gasteiger partial charge on any atom is -0.326 e. The molecule has 3 N–H and O–H groups in total. The highest BCUT2D eigenvalue weighted by Gasteiger charge is 2.67. The van der Waals surface area contributed by atoms with E-state index in [0.29, 0.717) is 17.7 Å². The molecule has 1 aliphatic rings. The number of carbonyl (C=O) groups is 3. The third kappa shape index (κ3) is 6.40. The van der Waals surface area contributed by atoms with Crippen molar-refractivity contribution in [3.05, 3.63) is 85.9 Å². The summed E-state index contributed by atoms with van der Waals surface area (Å²) in [5.41, 5.74) is -1.67. The van der Waals surface area contributed by atoms with E-state index < -0.39 is 63.1 Å². The predicted octanol–water partition coefficient (Wildman–Crippen LogP) is 8.51. The number of hydrogen-bond donors (Lipinski definition) is 3. The van der Waals surface area contributed by atoms with Gasteiger partial charge in [-0.25, -0.2) is 8.78 Å². The molecule has 3 aromatic carbocycles. The van der Waals surface area contributed by atoms with E-state index >= 15 is 0 Å². The van der Waals surface area contributed by atoms with Gasteiger partial charge in [-0.3, -0.25) is 14.4 Å². The summed E-state index contributed by atoms with van der Waals surface area (Å²) >= 11 is 31.0. The second-order valence-corrected chi connectivity index (χ2v) is 11.8. The fourth-order valence-corrected chi connectivity index (χ4v) is 5.47. The first-order valence-electron chi connectivity index (χ1n) is 11.5. The highest BCUT2D eigenvalue weighted by molar-refractivity contribution is 6.53. The lowest BCUT2D eigenvalue weighted by Gasteiger charge is -2.15. The van der Waals surface area contributed by atoms with Crippen molar-refractivity contribution in [1.29, 1.82) is 0 Å². The molecule has 42 heavy (non-hydrogen) atoms. The fourth-order valence-electron chi connectivity index (χ4n) is 4.14. The first-order valence-corrected chi connectivity index (χ1v) is 13.4. The van der Waals surface area contributed by atoms with Crippen molar-refractivity contribution in [2.24, 2.45) is 5.92 Å². The highest BCUT2D eigenvalue weighted by Crippen LogP contribution is 2.65. The third-order valence-corrected chi connectivity index (χ3v) is 8.42. The SMILES string of the molecule is Cc1cc(NC(=O)C2[C@H](c3ccc(Cl)c(Cl)c3)C2(Cl)Cl)cc(C(=O)Nc2c(F)ccc(NC(=O)C(F)(F)F)c2F)c1Cl. The topological polar surface area (TPSA) is 87.3 Å². The molecule has 4 rings (SSSR count). The summed E-state index contributed by atoms with van der Waals surface area (Å²) in [5, 5.41) is 6.09. The first kappa shape index (κ1) is 32.1. The maximum absolute atomic E-state index is 14.8. The fraction of sp³-hybridized carbons (Fsp3) is 0.192. The van der Waals surface area contributed by atoms with Gasteiger partial charge in [0.2, 0.25) is 5.91 Å². The Balaban J connectivity index is 1.56. The lowest BCUT2D eigenvalue weighted by Crippen LogP contribution is -2.30. The normalized spacial score (nSPS) is 17.4. The molecule has 222 valence electrons. The molecule has 0 bridgehead atoms. The number of halogens is 10. The molecule has 3 aromatic rings. The molecule has 1 aliphatic carbocycles. The van der Waals surface area contributed by atoms with Crippen LogP contribution in [0.1, 0.15) is 27.4 Å². The zero-order chi connectivity index (χ0) is 31.3. The van der Waals surface area contributed by atoms with Gasteiger partial charge in [0, 0.05) is 11.6 Å². The zero-order valence-electron chi connectivity index (χ0n) is 20.7. The molecule has 6 nitrogen and oxygen atoms in total. The van der Waals surface area contributed by atoms with Crippen molar-refractivity contribution in [1.82, 2.24) is 0 Å². The average molecular weight is 690 g/mol. The Kier molecular flexibility index (Phi) is 8.93. The Morgan fingerprint density at radius 2 is 1.55 bits per heavy atom. The number of rotatable bonds is 6. The molecule has 0 saturated heterocycles. The number of nitrogens with one attached hydrogen (secondary N) is 3. The zero-order valence-corrected chi connectivity index (χ0v) is 24.5. The van der Waals surface area contributed by atoms with Gasteiger partial charge in [-0.2, -0.15) is 13.2 Å².